The van der Waals surface area contributed by atoms with Crippen LogP contribution in [0.2, 0.25) is 0 Å². The normalized spacial score (nSPS) is 10.9. The van der Waals surface area contributed by atoms with E-state index >= 15 is 0 Å². The Kier molecular flexibility index (Phi) is 5.32. The number of carbonyl (C=O) groups is 1. The highest BCUT2D eigenvalue weighted by Gasteiger charge is 2.09. The van der Waals surface area contributed by atoms with Gasteiger partial charge in [0.25, 0.3) is 5.91 Å². The van der Waals surface area contributed by atoms with Crippen molar-refractivity contribution in [2.45, 2.75) is 13.1 Å². The third kappa shape index (κ3) is 4.85. The van der Waals surface area contributed by atoms with Crippen molar-refractivity contribution in [3.63, 3.8) is 0 Å². The van der Waals surface area contributed by atoms with Crippen LogP contribution in [-0.4, -0.2) is 5.91 Å². The van der Waals surface area contributed by atoms with Crippen LogP contribution in [0.1, 0.15) is 21.5 Å². The van der Waals surface area contributed by atoms with Crippen LogP contribution in [0.15, 0.2) is 79.4 Å². The lowest BCUT2D eigenvalue weighted by Crippen LogP contribution is -2.44. The molecule has 124 valence electrons. The quantitative estimate of drug-likeness (QED) is 0.692. The molecule has 4 heteroatoms. The number of rotatable bonds is 6. The minimum atomic E-state index is -0.406. The van der Waals surface area contributed by atoms with Crippen LogP contribution in [-0.2, 0) is 13.1 Å². The van der Waals surface area contributed by atoms with Crippen molar-refractivity contribution in [1.82, 2.24) is 0 Å². The minimum absolute atomic E-state index is 0.406. The zero-order valence-corrected chi connectivity index (χ0v) is 14.0. The van der Waals surface area contributed by atoms with E-state index in [1.165, 1.54) is 5.56 Å². The van der Waals surface area contributed by atoms with E-state index in [1.54, 1.807) is 12.3 Å². The molecule has 25 heavy (non-hydrogen) atoms. The zero-order valence-electron chi connectivity index (χ0n) is 14.0. The number of aromatic nitrogens is 2. The van der Waals surface area contributed by atoms with Gasteiger partial charge in [-0.1, -0.05) is 42.5 Å². The average Bonchev–Trinajstić information content (AvgIpc) is 2.66. The number of primary amides is 1. The lowest BCUT2D eigenvalue weighted by molar-refractivity contribution is -0.778. The number of amides is 1. The molecule has 2 heterocycles. The molecule has 0 aliphatic rings. The summed E-state index contributed by atoms with van der Waals surface area (Å²) in [6, 6.07) is 18.0. The summed E-state index contributed by atoms with van der Waals surface area (Å²) in [6.07, 6.45) is 12.0. The first-order valence-electron chi connectivity index (χ1n) is 8.22. The molecule has 0 bridgehead atoms. The molecule has 2 N–H and O–H groups in total. The van der Waals surface area contributed by atoms with E-state index in [1.807, 2.05) is 35.0 Å². The second-order valence-corrected chi connectivity index (χ2v) is 5.81. The summed E-state index contributed by atoms with van der Waals surface area (Å²) in [4.78, 5) is 11.2. The number of carbonyl (C=O) groups excluding carboxylic acids is 1. The minimum Gasteiger partial charge on any atom is -0.365 e. The fourth-order valence-electron chi connectivity index (χ4n) is 2.52. The molecule has 0 aliphatic carbocycles. The Morgan fingerprint density at radius 2 is 1.44 bits per heavy atom. The van der Waals surface area contributed by atoms with Gasteiger partial charge in [-0.15, -0.1) is 0 Å². The molecule has 0 aliphatic heterocycles. The van der Waals surface area contributed by atoms with E-state index < -0.39 is 5.91 Å². The van der Waals surface area contributed by atoms with Crippen molar-refractivity contribution in [2.75, 3.05) is 0 Å². The van der Waals surface area contributed by atoms with Crippen LogP contribution >= 0.6 is 0 Å². The van der Waals surface area contributed by atoms with E-state index in [9.17, 15) is 4.79 Å². The molecule has 2 aromatic heterocycles. The first kappa shape index (κ1) is 16.6. The molecule has 4 nitrogen and oxygen atoms in total. The van der Waals surface area contributed by atoms with Gasteiger partial charge in [0.05, 0.1) is 0 Å². The number of aryl methyl sites for hydroxylation is 2. The molecule has 0 atom stereocenters. The summed E-state index contributed by atoms with van der Waals surface area (Å²) in [7, 11) is 0. The maximum atomic E-state index is 11.2. The second-order valence-electron chi connectivity index (χ2n) is 5.81. The van der Waals surface area contributed by atoms with Crippen molar-refractivity contribution >= 4 is 18.1 Å². The van der Waals surface area contributed by atoms with Gasteiger partial charge in [0.1, 0.15) is 5.56 Å². The van der Waals surface area contributed by atoms with Crippen LogP contribution in [0, 0.1) is 0 Å². The smallest absolute Gasteiger partial charge is 0.254 e. The van der Waals surface area contributed by atoms with Gasteiger partial charge in [0, 0.05) is 18.2 Å². The molecule has 0 radical (unpaired) electrons. The van der Waals surface area contributed by atoms with Crippen LogP contribution in [0.3, 0.4) is 0 Å². The summed E-state index contributed by atoms with van der Waals surface area (Å²) in [5, 5.41) is 0. The number of hydrogen-bond acceptors (Lipinski definition) is 1. The van der Waals surface area contributed by atoms with Crippen molar-refractivity contribution in [1.29, 1.82) is 0 Å². The summed E-state index contributed by atoms with van der Waals surface area (Å²) in [5.41, 5.74) is 8.18. The van der Waals surface area contributed by atoms with Crippen LogP contribution in [0.25, 0.3) is 12.2 Å². The second kappa shape index (κ2) is 8.02. The maximum Gasteiger partial charge on any atom is 0.254 e. The van der Waals surface area contributed by atoms with Gasteiger partial charge in [-0.05, 0) is 17.2 Å². The Morgan fingerprint density at radius 1 is 0.800 bits per heavy atom. The molecule has 1 aromatic carbocycles. The van der Waals surface area contributed by atoms with Gasteiger partial charge in [-0.3, -0.25) is 4.79 Å². The Morgan fingerprint density at radius 3 is 2.12 bits per heavy atom. The van der Waals surface area contributed by atoms with E-state index in [0.717, 1.165) is 18.7 Å². The molecule has 0 saturated carbocycles. The van der Waals surface area contributed by atoms with Gasteiger partial charge < -0.3 is 5.73 Å². The summed E-state index contributed by atoms with van der Waals surface area (Å²) < 4.78 is 4.08. The topological polar surface area (TPSA) is 50.9 Å². The first-order valence-corrected chi connectivity index (χ1v) is 8.22. The molecule has 0 unspecified atom stereocenters. The number of pyridine rings is 2. The Bertz CT molecular complexity index is 871. The largest absolute Gasteiger partial charge is 0.365 e. The van der Waals surface area contributed by atoms with Gasteiger partial charge in [-0.25, -0.2) is 0 Å². The van der Waals surface area contributed by atoms with Crippen LogP contribution in [0.5, 0.6) is 0 Å². The molecular weight excluding hydrogens is 310 g/mol. The van der Waals surface area contributed by atoms with E-state index in [0.29, 0.717) is 5.56 Å². The van der Waals surface area contributed by atoms with Gasteiger partial charge in [-0.2, -0.15) is 9.13 Å². The Labute approximate surface area is 147 Å². The number of nitrogens with two attached hydrogens (primary N) is 1. The van der Waals surface area contributed by atoms with Crippen LogP contribution < -0.4 is 14.9 Å². The highest BCUT2D eigenvalue weighted by Crippen LogP contribution is 2.06. The molecule has 0 saturated heterocycles. The predicted molar refractivity (Wildman–Crippen MR) is 97.2 cm³/mol. The summed E-state index contributed by atoms with van der Waals surface area (Å²) in [5.74, 6) is -0.406. The fourth-order valence-corrected chi connectivity index (χ4v) is 2.52. The predicted octanol–water partition coefficient (Wildman–Crippen LogP) is 2.23. The maximum absolute atomic E-state index is 11.2. The van der Waals surface area contributed by atoms with Gasteiger partial charge in [0.15, 0.2) is 24.8 Å². The van der Waals surface area contributed by atoms with Crippen molar-refractivity contribution in [3.8, 4) is 0 Å². The number of nitrogens with zero attached hydrogens (tertiary/aromatic N) is 2. The number of hydrogen-bond donors (Lipinski definition) is 1. The third-order valence-corrected chi connectivity index (χ3v) is 3.94. The van der Waals surface area contributed by atoms with Crippen molar-refractivity contribution < 1.29 is 13.9 Å². The van der Waals surface area contributed by atoms with Gasteiger partial charge >= 0.3 is 0 Å². The SMILES string of the molecule is NC(=O)c1ccc[n+](CC[n+]2ccc(/C=C/c3ccccc3)cc2)c1. The molecule has 3 rings (SSSR count). The Balaban J connectivity index is 1.60. The molecular formula is C21H21N3O+2. The van der Waals surface area contributed by atoms with Crippen molar-refractivity contribution in [2.24, 2.45) is 5.73 Å². The fraction of sp³-hybridized carbons (Fsp3) is 0.0952. The average molecular weight is 331 g/mol. The Hall–Kier alpha value is -3.27. The van der Waals surface area contributed by atoms with Crippen LogP contribution in [0.4, 0.5) is 0 Å². The first-order chi connectivity index (χ1) is 12.2. The highest BCUT2D eigenvalue weighted by molar-refractivity contribution is 5.92. The summed E-state index contributed by atoms with van der Waals surface area (Å²) >= 11 is 0. The lowest BCUT2D eigenvalue weighted by Gasteiger charge is -1.98. The summed E-state index contributed by atoms with van der Waals surface area (Å²) in [6.45, 7) is 1.58. The van der Waals surface area contributed by atoms with E-state index in [-0.39, 0.29) is 0 Å². The monoisotopic (exact) mass is 331 g/mol. The molecule has 1 amide bonds. The molecule has 0 spiro atoms. The number of benzene rings is 1. The molecule has 0 fully saturated rings. The molecule has 3 aromatic rings. The zero-order chi connectivity index (χ0) is 17.5. The standard InChI is InChI=1S/C21H20N3O/c22-21(25)20-7-4-12-24(17-20)16-15-23-13-10-19(11-14-23)9-8-18-5-2-1-3-6-18/h1-14,17H,15-16H2,(H-,22,25)/q+1/p+1/b9-8+. The highest BCUT2D eigenvalue weighted by atomic mass is 16.1. The van der Waals surface area contributed by atoms with E-state index in [4.69, 9.17) is 5.73 Å². The van der Waals surface area contributed by atoms with E-state index in [2.05, 4.69) is 53.4 Å². The lowest BCUT2D eigenvalue weighted by atomic mass is 10.1. The van der Waals surface area contributed by atoms with Gasteiger partial charge in [0.2, 0.25) is 13.1 Å². The third-order valence-electron chi connectivity index (χ3n) is 3.94. The van der Waals surface area contributed by atoms with Crippen molar-refractivity contribution in [3.05, 3.63) is 96.1 Å².